The summed E-state index contributed by atoms with van der Waals surface area (Å²) in [6.45, 7) is 17.4. The van der Waals surface area contributed by atoms with Gasteiger partial charge in [-0.05, 0) is 195 Å². The topological polar surface area (TPSA) is 6.48 Å². The molecule has 0 radical (unpaired) electrons. The van der Waals surface area contributed by atoms with Gasteiger partial charge in [-0.2, -0.15) is 0 Å². The molecular formula is C54H52N2. The monoisotopic (exact) mass is 728 g/mol. The molecule has 2 heteroatoms. The second-order valence-corrected chi connectivity index (χ2v) is 15.3. The second-order valence-electron chi connectivity index (χ2n) is 15.3. The van der Waals surface area contributed by atoms with Crippen LogP contribution in [0.15, 0.2) is 146 Å². The van der Waals surface area contributed by atoms with Crippen LogP contribution in [0.5, 0.6) is 0 Å². The van der Waals surface area contributed by atoms with Crippen LogP contribution >= 0.6 is 0 Å². The molecule has 0 spiro atoms. The van der Waals surface area contributed by atoms with Crippen LogP contribution in [0.2, 0.25) is 0 Å². The number of rotatable bonds is 10. The third-order valence-corrected chi connectivity index (χ3v) is 10.9. The number of hydrogen-bond acceptors (Lipinski definition) is 2. The van der Waals surface area contributed by atoms with Crippen molar-refractivity contribution in [2.75, 3.05) is 9.80 Å². The van der Waals surface area contributed by atoms with E-state index in [0.717, 1.165) is 22.7 Å². The average Bonchev–Trinajstić information content (AvgIpc) is 3.18. The molecule has 7 aromatic rings. The summed E-state index contributed by atoms with van der Waals surface area (Å²) in [5.41, 5.74) is 21.9. The van der Waals surface area contributed by atoms with Gasteiger partial charge in [0.25, 0.3) is 0 Å². The van der Waals surface area contributed by atoms with E-state index in [1.165, 1.54) is 78.1 Å². The van der Waals surface area contributed by atoms with Crippen LogP contribution in [0.1, 0.15) is 66.8 Å². The van der Waals surface area contributed by atoms with Crippen LogP contribution in [0.4, 0.5) is 34.1 Å². The van der Waals surface area contributed by atoms with Gasteiger partial charge >= 0.3 is 0 Å². The summed E-state index contributed by atoms with van der Waals surface area (Å²) in [6, 6.07) is 53.2. The molecule has 0 bridgehead atoms. The number of hydrogen-bond donors (Lipinski definition) is 0. The molecule has 7 rings (SSSR count). The van der Waals surface area contributed by atoms with Gasteiger partial charge in [0.2, 0.25) is 0 Å². The van der Waals surface area contributed by atoms with E-state index in [4.69, 9.17) is 0 Å². The standard InChI is InChI=1S/C54H52N2/c1-37-11-9-13-49(31-37)55(51-27-15-39(3)41(5)33-51)53-29-25-47(43(7)35-53)23-21-45-17-19-46(20-18-45)22-24-48-26-30-54(36-44(48)8)56(50-14-10-12-38(2)32-50)52-28-16-40(4)42(6)34-52/h9-36H,1-8H3. The lowest BCUT2D eigenvalue weighted by molar-refractivity contribution is 1.23. The van der Waals surface area contributed by atoms with Crippen LogP contribution in [-0.4, -0.2) is 0 Å². The highest BCUT2D eigenvalue weighted by molar-refractivity contribution is 5.82. The molecule has 0 unspecified atom stereocenters. The van der Waals surface area contributed by atoms with Crippen molar-refractivity contribution in [3.8, 4) is 0 Å². The summed E-state index contributed by atoms with van der Waals surface area (Å²) in [5.74, 6) is 0. The van der Waals surface area contributed by atoms with Crippen molar-refractivity contribution in [3.63, 3.8) is 0 Å². The molecule has 0 aliphatic rings. The van der Waals surface area contributed by atoms with Crippen molar-refractivity contribution in [1.82, 2.24) is 0 Å². The largest absolute Gasteiger partial charge is 0.310 e. The van der Waals surface area contributed by atoms with Gasteiger partial charge in [-0.25, -0.2) is 0 Å². The zero-order chi connectivity index (χ0) is 39.3. The Morgan fingerprint density at radius 2 is 0.625 bits per heavy atom. The minimum Gasteiger partial charge on any atom is -0.310 e. The zero-order valence-electron chi connectivity index (χ0n) is 34.1. The fraction of sp³-hybridized carbons (Fsp3) is 0.148. The van der Waals surface area contributed by atoms with Crippen LogP contribution in [-0.2, 0) is 0 Å². The number of aryl methyl sites for hydroxylation is 8. The van der Waals surface area contributed by atoms with E-state index in [9.17, 15) is 0 Å². The molecule has 0 fully saturated rings. The lowest BCUT2D eigenvalue weighted by atomic mass is 10.0. The van der Waals surface area contributed by atoms with E-state index in [1.54, 1.807) is 0 Å². The number of nitrogens with zero attached hydrogens (tertiary/aromatic N) is 2. The van der Waals surface area contributed by atoms with Crippen molar-refractivity contribution in [3.05, 3.63) is 212 Å². The summed E-state index contributed by atoms with van der Waals surface area (Å²) >= 11 is 0. The van der Waals surface area contributed by atoms with Gasteiger partial charge in [0, 0.05) is 34.1 Å². The van der Waals surface area contributed by atoms with Crippen LogP contribution in [0.3, 0.4) is 0 Å². The predicted octanol–water partition coefficient (Wildman–Crippen LogP) is 15.4. The van der Waals surface area contributed by atoms with Gasteiger partial charge in [0.05, 0.1) is 0 Å². The minimum absolute atomic E-state index is 1.15. The predicted molar refractivity (Wildman–Crippen MR) is 244 cm³/mol. The summed E-state index contributed by atoms with van der Waals surface area (Å²) in [4.78, 5) is 4.71. The first-order chi connectivity index (χ1) is 27.0. The van der Waals surface area contributed by atoms with E-state index in [2.05, 4.69) is 235 Å². The first kappa shape index (κ1) is 37.9. The molecule has 2 nitrogen and oxygen atoms in total. The quantitative estimate of drug-likeness (QED) is 0.129. The molecule has 0 aliphatic carbocycles. The summed E-state index contributed by atoms with van der Waals surface area (Å²) in [7, 11) is 0. The smallest absolute Gasteiger partial charge is 0.0464 e. The fourth-order valence-electron chi connectivity index (χ4n) is 7.22. The van der Waals surface area contributed by atoms with E-state index in [1.807, 2.05) is 0 Å². The van der Waals surface area contributed by atoms with Crippen molar-refractivity contribution in [1.29, 1.82) is 0 Å². The van der Waals surface area contributed by atoms with E-state index < -0.39 is 0 Å². The SMILES string of the molecule is Cc1cccc(N(c2ccc(C)c(C)c2)c2ccc(C=Cc3ccc(C=Cc4ccc(N(c5cccc(C)c5)c5ccc(C)c(C)c5)cc4C)cc3)c(C)c2)c1. The molecule has 0 amide bonds. The third-order valence-electron chi connectivity index (χ3n) is 10.9. The minimum atomic E-state index is 1.15. The van der Waals surface area contributed by atoms with Gasteiger partial charge in [0.1, 0.15) is 0 Å². The Morgan fingerprint density at radius 1 is 0.286 bits per heavy atom. The van der Waals surface area contributed by atoms with Gasteiger partial charge in [-0.3, -0.25) is 0 Å². The van der Waals surface area contributed by atoms with Crippen LogP contribution in [0.25, 0.3) is 24.3 Å². The second kappa shape index (κ2) is 16.6. The fourth-order valence-corrected chi connectivity index (χ4v) is 7.22. The first-order valence-corrected chi connectivity index (χ1v) is 19.6. The molecule has 0 saturated heterocycles. The Labute approximate surface area is 334 Å². The van der Waals surface area contributed by atoms with Crippen LogP contribution < -0.4 is 9.80 Å². The van der Waals surface area contributed by atoms with Crippen molar-refractivity contribution < 1.29 is 0 Å². The number of benzene rings is 7. The summed E-state index contributed by atoms with van der Waals surface area (Å²) < 4.78 is 0. The maximum Gasteiger partial charge on any atom is 0.0464 e. The molecule has 7 aromatic carbocycles. The molecule has 0 saturated carbocycles. The lowest BCUT2D eigenvalue weighted by Gasteiger charge is -2.27. The Kier molecular flexibility index (Phi) is 11.2. The zero-order valence-corrected chi connectivity index (χ0v) is 34.1. The molecule has 0 aliphatic heterocycles. The van der Waals surface area contributed by atoms with Crippen molar-refractivity contribution >= 4 is 58.4 Å². The molecule has 0 heterocycles. The highest BCUT2D eigenvalue weighted by atomic mass is 15.1. The Morgan fingerprint density at radius 3 is 0.964 bits per heavy atom. The number of anilines is 6. The Bertz CT molecular complexity index is 2390. The molecular weight excluding hydrogens is 677 g/mol. The molecule has 0 aromatic heterocycles. The van der Waals surface area contributed by atoms with Crippen molar-refractivity contribution in [2.45, 2.75) is 55.4 Å². The lowest BCUT2D eigenvalue weighted by Crippen LogP contribution is -2.11. The van der Waals surface area contributed by atoms with Crippen LogP contribution in [0, 0.1) is 55.4 Å². The molecule has 0 N–H and O–H groups in total. The molecule has 56 heavy (non-hydrogen) atoms. The third kappa shape index (κ3) is 8.61. The van der Waals surface area contributed by atoms with Gasteiger partial charge < -0.3 is 9.80 Å². The normalized spacial score (nSPS) is 11.4. The Balaban J connectivity index is 1.07. The highest BCUT2D eigenvalue weighted by Gasteiger charge is 2.16. The molecule has 0 atom stereocenters. The van der Waals surface area contributed by atoms with Gasteiger partial charge in [-0.1, -0.05) is 97.1 Å². The van der Waals surface area contributed by atoms with Crippen molar-refractivity contribution in [2.24, 2.45) is 0 Å². The van der Waals surface area contributed by atoms with E-state index >= 15 is 0 Å². The van der Waals surface area contributed by atoms with E-state index in [0.29, 0.717) is 0 Å². The first-order valence-electron chi connectivity index (χ1n) is 19.6. The Hall–Kier alpha value is -6.38. The average molecular weight is 729 g/mol. The van der Waals surface area contributed by atoms with E-state index in [-0.39, 0.29) is 0 Å². The van der Waals surface area contributed by atoms with Gasteiger partial charge in [0.15, 0.2) is 0 Å². The summed E-state index contributed by atoms with van der Waals surface area (Å²) in [6.07, 6.45) is 8.85. The maximum absolute atomic E-state index is 2.36. The molecule has 278 valence electrons. The summed E-state index contributed by atoms with van der Waals surface area (Å²) in [5, 5.41) is 0. The maximum atomic E-state index is 2.36. The van der Waals surface area contributed by atoms with Gasteiger partial charge in [-0.15, -0.1) is 0 Å². The highest BCUT2D eigenvalue weighted by Crippen LogP contribution is 2.38.